The minimum absolute atomic E-state index is 0.0348. The van der Waals surface area contributed by atoms with E-state index in [4.69, 9.17) is 9.47 Å². The number of phenols is 1. The Morgan fingerprint density at radius 2 is 1.74 bits per heavy atom. The second-order valence-corrected chi connectivity index (χ2v) is 10.3. The topological polar surface area (TPSA) is 41.9 Å². The molecule has 0 amide bonds. The molecule has 1 aliphatic carbocycles. The molecule has 2 aromatic rings. The van der Waals surface area contributed by atoms with Gasteiger partial charge in [-0.25, -0.2) is 0 Å². The molecule has 0 bridgehead atoms. The predicted molar refractivity (Wildman–Crippen MR) is 125 cm³/mol. The number of nitrogens with zero attached hydrogens (tertiary/aromatic N) is 1. The van der Waals surface area contributed by atoms with Crippen LogP contribution in [0, 0.1) is 5.92 Å². The van der Waals surface area contributed by atoms with Gasteiger partial charge in [-0.15, -0.1) is 11.8 Å². The smallest absolute Gasteiger partial charge is 0.136 e. The van der Waals surface area contributed by atoms with Gasteiger partial charge in [-0.3, -0.25) is 4.90 Å². The number of likely N-dealkylation sites (tertiary alicyclic amines) is 1. The lowest BCUT2D eigenvalue weighted by molar-refractivity contribution is 0.166. The van der Waals surface area contributed by atoms with Gasteiger partial charge >= 0.3 is 0 Å². The second-order valence-electron chi connectivity index (χ2n) is 9.12. The van der Waals surface area contributed by atoms with Crippen LogP contribution in [-0.4, -0.2) is 41.5 Å². The van der Waals surface area contributed by atoms with Crippen molar-refractivity contribution in [2.24, 2.45) is 5.92 Å². The van der Waals surface area contributed by atoms with Crippen LogP contribution in [0.5, 0.6) is 17.2 Å². The van der Waals surface area contributed by atoms with Gasteiger partial charge in [0.15, 0.2) is 0 Å². The van der Waals surface area contributed by atoms with E-state index >= 15 is 0 Å². The van der Waals surface area contributed by atoms with Crippen molar-refractivity contribution in [3.63, 3.8) is 0 Å². The highest BCUT2D eigenvalue weighted by molar-refractivity contribution is 8.00. The zero-order valence-electron chi connectivity index (χ0n) is 18.2. The van der Waals surface area contributed by atoms with Gasteiger partial charge < -0.3 is 14.6 Å². The summed E-state index contributed by atoms with van der Waals surface area (Å²) in [5.74, 6) is 2.78. The number of piperidine rings is 1. The highest BCUT2D eigenvalue weighted by Gasteiger charge is 2.38. The molecule has 0 radical (unpaired) electrons. The molecule has 1 N–H and O–H groups in total. The second kappa shape index (κ2) is 9.74. The molecule has 5 heteroatoms. The minimum atomic E-state index is 0.0348. The van der Waals surface area contributed by atoms with Gasteiger partial charge in [0.25, 0.3) is 0 Å². The average Bonchev–Trinajstić information content (AvgIpc) is 3.34. The summed E-state index contributed by atoms with van der Waals surface area (Å²) in [7, 11) is 0. The molecule has 166 valence electrons. The maximum atomic E-state index is 9.92. The number of hydrogen-bond acceptors (Lipinski definition) is 5. The Hall–Kier alpha value is -1.85. The van der Waals surface area contributed by atoms with Gasteiger partial charge in [0.05, 0.1) is 10.1 Å². The van der Waals surface area contributed by atoms with Crippen molar-refractivity contribution in [2.45, 2.75) is 61.2 Å². The maximum Gasteiger partial charge on any atom is 0.136 e. The van der Waals surface area contributed by atoms with Crippen molar-refractivity contribution < 1.29 is 14.6 Å². The van der Waals surface area contributed by atoms with Gasteiger partial charge in [0.2, 0.25) is 0 Å². The van der Waals surface area contributed by atoms with E-state index in [1.54, 1.807) is 6.07 Å². The van der Waals surface area contributed by atoms with E-state index in [0.717, 1.165) is 29.5 Å². The average molecular weight is 440 g/mol. The lowest BCUT2D eigenvalue weighted by atomic mass is 9.94. The molecule has 3 aliphatic rings. The minimum Gasteiger partial charge on any atom is -0.508 e. The van der Waals surface area contributed by atoms with Crippen LogP contribution in [0.3, 0.4) is 0 Å². The summed E-state index contributed by atoms with van der Waals surface area (Å²) in [6.45, 7) is 4.18. The Kier molecular flexibility index (Phi) is 6.61. The Morgan fingerprint density at radius 1 is 0.968 bits per heavy atom. The molecule has 4 nitrogen and oxygen atoms in total. The van der Waals surface area contributed by atoms with Crippen LogP contribution in [0.1, 0.15) is 56.6 Å². The SMILES string of the molecule is Oc1ccc2c(c1)S[C@H](C1CCCC1)[C@H](c1ccc(OCCN3CCCCC3)cc1)O2. The summed E-state index contributed by atoms with van der Waals surface area (Å²) in [6, 6.07) is 14.0. The van der Waals surface area contributed by atoms with Crippen molar-refractivity contribution in [1.29, 1.82) is 0 Å². The molecule has 0 unspecified atom stereocenters. The molecule has 2 aliphatic heterocycles. The number of hydrogen-bond donors (Lipinski definition) is 1. The van der Waals surface area contributed by atoms with Crippen molar-refractivity contribution in [2.75, 3.05) is 26.2 Å². The van der Waals surface area contributed by atoms with Crippen molar-refractivity contribution in [3.05, 3.63) is 48.0 Å². The highest BCUT2D eigenvalue weighted by atomic mass is 32.2. The van der Waals surface area contributed by atoms with Crippen molar-refractivity contribution in [1.82, 2.24) is 4.90 Å². The molecular weight excluding hydrogens is 406 g/mol. The summed E-state index contributed by atoms with van der Waals surface area (Å²) in [5, 5.41) is 10.3. The summed E-state index contributed by atoms with van der Waals surface area (Å²) < 4.78 is 12.6. The van der Waals surface area contributed by atoms with E-state index in [2.05, 4.69) is 29.2 Å². The number of ether oxygens (including phenoxy) is 2. The van der Waals surface area contributed by atoms with E-state index in [0.29, 0.717) is 16.9 Å². The van der Waals surface area contributed by atoms with Gasteiger partial charge in [0.1, 0.15) is 30.0 Å². The van der Waals surface area contributed by atoms with Crippen LogP contribution in [0.4, 0.5) is 0 Å². The summed E-state index contributed by atoms with van der Waals surface area (Å²) in [6.07, 6.45) is 9.20. The molecule has 5 rings (SSSR count). The zero-order chi connectivity index (χ0) is 21.0. The standard InChI is InChI=1S/C26H33NO3S/c28-21-10-13-23-24(18-21)31-26(20-6-2-3-7-20)25(30-23)19-8-11-22(12-9-19)29-17-16-27-14-4-1-5-15-27/h8-13,18,20,25-26,28H,1-7,14-17H2/t25-,26+/m0/s1. The summed E-state index contributed by atoms with van der Waals surface area (Å²) in [5.41, 5.74) is 1.21. The third-order valence-corrected chi connectivity index (χ3v) is 8.42. The fraction of sp³-hybridized carbons (Fsp3) is 0.538. The molecule has 0 aromatic heterocycles. The van der Waals surface area contributed by atoms with Gasteiger partial charge in [0, 0.05) is 6.54 Å². The molecule has 0 spiro atoms. The quantitative estimate of drug-likeness (QED) is 0.594. The molecule has 2 fully saturated rings. The first-order valence-electron chi connectivity index (χ1n) is 11.9. The van der Waals surface area contributed by atoms with Crippen LogP contribution in [0.15, 0.2) is 47.4 Å². The van der Waals surface area contributed by atoms with E-state index < -0.39 is 0 Å². The summed E-state index contributed by atoms with van der Waals surface area (Å²) in [4.78, 5) is 3.57. The lowest BCUT2D eigenvalue weighted by Crippen LogP contribution is -2.33. The number of aromatic hydroxyl groups is 1. The van der Waals surface area contributed by atoms with Crippen LogP contribution >= 0.6 is 11.8 Å². The summed E-state index contributed by atoms with van der Waals surface area (Å²) >= 11 is 1.88. The maximum absolute atomic E-state index is 9.92. The number of benzene rings is 2. The fourth-order valence-corrected chi connectivity index (χ4v) is 6.73. The molecule has 2 heterocycles. The number of rotatable bonds is 6. The van der Waals surface area contributed by atoms with Gasteiger partial charge in [-0.2, -0.15) is 0 Å². The molecule has 2 atom stereocenters. The van der Waals surface area contributed by atoms with E-state index in [-0.39, 0.29) is 6.10 Å². The monoisotopic (exact) mass is 439 g/mol. The first-order chi connectivity index (χ1) is 15.3. The highest BCUT2D eigenvalue weighted by Crippen LogP contribution is 2.51. The van der Waals surface area contributed by atoms with Crippen LogP contribution < -0.4 is 9.47 Å². The Labute approximate surface area is 189 Å². The fourth-order valence-electron chi connectivity index (χ4n) is 5.21. The third-order valence-electron chi connectivity index (χ3n) is 6.94. The van der Waals surface area contributed by atoms with Gasteiger partial charge in [-0.1, -0.05) is 31.4 Å². The third kappa shape index (κ3) is 4.98. The first-order valence-corrected chi connectivity index (χ1v) is 12.8. The van der Waals surface area contributed by atoms with Crippen molar-refractivity contribution >= 4 is 11.8 Å². The lowest BCUT2D eigenvalue weighted by Gasteiger charge is -2.36. The van der Waals surface area contributed by atoms with E-state index in [1.165, 1.54) is 63.6 Å². The Balaban J connectivity index is 1.27. The molecule has 1 saturated carbocycles. The Bertz CT molecular complexity index is 859. The van der Waals surface area contributed by atoms with Crippen LogP contribution in [-0.2, 0) is 0 Å². The zero-order valence-corrected chi connectivity index (χ0v) is 19.0. The molecule has 31 heavy (non-hydrogen) atoms. The number of fused-ring (bicyclic) bond motifs is 1. The molecule has 1 saturated heterocycles. The van der Waals surface area contributed by atoms with Gasteiger partial charge in [-0.05, 0) is 80.6 Å². The first kappa shape index (κ1) is 21.0. The largest absolute Gasteiger partial charge is 0.508 e. The molecule has 2 aromatic carbocycles. The normalized spacial score (nSPS) is 24.5. The van der Waals surface area contributed by atoms with E-state index in [1.807, 2.05) is 23.9 Å². The van der Waals surface area contributed by atoms with Crippen LogP contribution in [0.25, 0.3) is 0 Å². The predicted octanol–water partition coefficient (Wildman–Crippen LogP) is 6.04. The van der Waals surface area contributed by atoms with E-state index in [9.17, 15) is 5.11 Å². The molecular formula is C26H33NO3S. The Morgan fingerprint density at radius 3 is 2.52 bits per heavy atom. The van der Waals surface area contributed by atoms with Crippen molar-refractivity contribution in [3.8, 4) is 17.2 Å². The number of thioether (sulfide) groups is 1. The number of phenolic OH excluding ortho intramolecular Hbond substituents is 1. The van der Waals surface area contributed by atoms with Crippen LogP contribution in [0.2, 0.25) is 0 Å².